The van der Waals surface area contributed by atoms with Crippen molar-refractivity contribution in [2.24, 2.45) is 28.0 Å². The second-order valence-corrected chi connectivity index (χ2v) is 8.54. The SMILES string of the molecule is CSCC[C@H](N)C(=O)C(C(N)=O)(C(=O)[C@@H](N)CC(=O)O)C1(C)CCCCC1. The van der Waals surface area contributed by atoms with Gasteiger partial charge >= 0.3 is 5.97 Å². The van der Waals surface area contributed by atoms with E-state index < -0.39 is 52.8 Å². The van der Waals surface area contributed by atoms with Crippen LogP contribution in [-0.4, -0.2) is 52.6 Å². The molecule has 1 fully saturated rings. The topological polar surface area (TPSA) is 167 Å². The van der Waals surface area contributed by atoms with Crippen molar-refractivity contribution in [2.75, 3.05) is 12.0 Å². The summed E-state index contributed by atoms with van der Waals surface area (Å²) in [6, 6.07) is -2.56. The molecular weight excluding hydrogens is 370 g/mol. The van der Waals surface area contributed by atoms with Crippen molar-refractivity contribution in [3.05, 3.63) is 0 Å². The molecule has 9 heteroatoms. The highest BCUT2D eigenvalue weighted by atomic mass is 32.2. The molecule has 0 aromatic heterocycles. The summed E-state index contributed by atoms with van der Waals surface area (Å²) in [4.78, 5) is 50.4. The van der Waals surface area contributed by atoms with E-state index in [0.717, 1.165) is 19.3 Å². The Kier molecular flexibility index (Phi) is 8.44. The fourth-order valence-corrected chi connectivity index (χ4v) is 4.67. The molecule has 1 saturated carbocycles. The molecule has 0 radical (unpaired) electrons. The molecule has 1 rings (SSSR count). The Hall–Kier alpha value is -1.45. The van der Waals surface area contributed by atoms with E-state index in [9.17, 15) is 19.2 Å². The van der Waals surface area contributed by atoms with Crippen LogP contribution >= 0.6 is 11.8 Å². The highest BCUT2D eigenvalue weighted by Gasteiger charge is 2.64. The summed E-state index contributed by atoms with van der Waals surface area (Å²) >= 11 is 1.49. The van der Waals surface area contributed by atoms with E-state index >= 15 is 0 Å². The van der Waals surface area contributed by atoms with Crippen molar-refractivity contribution in [1.29, 1.82) is 0 Å². The monoisotopic (exact) mass is 401 g/mol. The number of rotatable bonds is 11. The maximum atomic E-state index is 13.4. The smallest absolute Gasteiger partial charge is 0.305 e. The Labute approximate surface area is 164 Å². The fourth-order valence-electron chi connectivity index (χ4n) is 4.18. The van der Waals surface area contributed by atoms with Crippen molar-refractivity contribution in [3.63, 3.8) is 0 Å². The lowest BCUT2D eigenvalue weighted by Crippen LogP contribution is -2.67. The number of amides is 1. The van der Waals surface area contributed by atoms with E-state index in [-0.39, 0.29) is 6.42 Å². The third-order valence-corrected chi connectivity index (χ3v) is 6.32. The molecule has 154 valence electrons. The molecule has 0 saturated heterocycles. The largest absolute Gasteiger partial charge is 0.481 e. The standard InChI is InChI=1S/C18H31N3O5S/c1-17(7-4-3-5-8-17)18(16(21)26,14(24)11(19)6-9-27-2)15(25)12(20)10-13(22)23/h11-12H,3-10,19-20H2,1-2H3,(H2,21,26)(H,22,23)/t11-,12-,18?/m0/s1. The molecule has 7 N–H and O–H groups in total. The van der Waals surface area contributed by atoms with Crippen molar-refractivity contribution in [2.45, 2.75) is 64.0 Å². The quantitative estimate of drug-likeness (QED) is 0.362. The number of hydrogen-bond donors (Lipinski definition) is 4. The minimum atomic E-state index is -2.21. The Morgan fingerprint density at radius 2 is 1.59 bits per heavy atom. The molecule has 27 heavy (non-hydrogen) atoms. The van der Waals surface area contributed by atoms with Crippen LogP contribution in [0, 0.1) is 10.8 Å². The molecule has 1 unspecified atom stereocenters. The van der Waals surface area contributed by atoms with Gasteiger partial charge in [0.2, 0.25) is 5.91 Å². The zero-order chi connectivity index (χ0) is 20.8. The summed E-state index contributed by atoms with van der Waals surface area (Å²) in [5, 5.41) is 9.01. The Bertz CT molecular complexity index is 592. The number of aliphatic carboxylic acids is 1. The average Bonchev–Trinajstić information content (AvgIpc) is 2.59. The number of ketones is 2. The van der Waals surface area contributed by atoms with Gasteiger partial charge in [-0.15, -0.1) is 0 Å². The number of hydrogen-bond acceptors (Lipinski definition) is 7. The minimum Gasteiger partial charge on any atom is -0.481 e. The van der Waals surface area contributed by atoms with Crippen molar-refractivity contribution in [3.8, 4) is 0 Å². The molecule has 1 aliphatic rings. The molecular formula is C18H31N3O5S. The van der Waals surface area contributed by atoms with Gasteiger partial charge in [0, 0.05) is 0 Å². The van der Waals surface area contributed by atoms with Crippen molar-refractivity contribution < 1.29 is 24.3 Å². The van der Waals surface area contributed by atoms with Gasteiger partial charge in [-0.05, 0) is 36.7 Å². The summed E-state index contributed by atoms with van der Waals surface area (Å²) in [6.07, 6.45) is 4.75. The van der Waals surface area contributed by atoms with Crippen molar-refractivity contribution >= 4 is 35.2 Å². The first-order chi connectivity index (χ1) is 12.5. The number of thioether (sulfide) groups is 1. The zero-order valence-electron chi connectivity index (χ0n) is 16.0. The number of carbonyl (C=O) groups is 4. The summed E-state index contributed by atoms with van der Waals surface area (Å²) in [7, 11) is 0. The summed E-state index contributed by atoms with van der Waals surface area (Å²) in [5.41, 5.74) is 14.3. The molecule has 1 aliphatic carbocycles. The second-order valence-electron chi connectivity index (χ2n) is 7.56. The van der Waals surface area contributed by atoms with Gasteiger partial charge in [0.1, 0.15) is 0 Å². The minimum absolute atomic E-state index is 0.284. The number of carboxylic acid groups (broad SMARTS) is 1. The molecule has 0 spiro atoms. The predicted molar refractivity (Wildman–Crippen MR) is 104 cm³/mol. The number of carbonyl (C=O) groups excluding carboxylic acids is 3. The maximum Gasteiger partial charge on any atom is 0.305 e. The van der Waals surface area contributed by atoms with Gasteiger partial charge in [0.05, 0.1) is 18.5 Å². The Balaban J connectivity index is 3.51. The molecule has 0 bridgehead atoms. The Morgan fingerprint density at radius 3 is 2.04 bits per heavy atom. The van der Waals surface area contributed by atoms with Crippen LogP contribution in [0.5, 0.6) is 0 Å². The average molecular weight is 402 g/mol. The van der Waals surface area contributed by atoms with Crippen LogP contribution in [0.3, 0.4) is 0 Å². The third kappa shape index (κ3) is 4.70. The van der Waals surface area contributed by atoms with Crippen LogP contribution in [0.15, 0.2) is 0 Å². The summed E-state index contributed by atoms with van der Waals surface area (Å²) < 4.78 is 0. The van der Waals surface area contributed by atoms with E-state index in [1.807, 2.05) is 6.26 Å². The number of Topliss-reactive ketones (excluding diaryl/α,β-unsaturated/α-hetero) is 2. The van der Waals surface area contributed by atoms with Crippen LogP contribution in [0.2, 0.25) is 0 Å². The highest BCUT2D eigenvalue weighted by Crippen LogP contribution is 2.52. The third-order valence-electron chi connectivity index (χ3n) is 5.67. The number of nitrogens with two attached hydrogens (primary N) is 3. The number of primary amides is 1. The molecule has 1 amide bonds. The molecule has 0 aromatic carbocycles. The van der Waals surface area contributed by atoms with Gasteiger partial charge in [-0.1, -0.05) is 26.2 Å². The Morgan fingerprint density at radius 1 is 1.07 bits per heavy atom. The highest BCUT2D eigenvalue weighted by molar-refractivity contribution is 7.98. The van der Waals surface area contributed by atoms with E-state index in [4.69, 9.17) is 22.3 Å². The van der Waals surface area contributed by atoms with Gasteiger partial charge < -0.3 is 22.3 Å². The van der Waals surface area contributed by atoms with Gasteiger partial charge in [-0.2, -0.15) is 11.8 Å². The van der Waals surface area contributed by atoms with Crippen LogP contribution in [-0.2, 0) is 19.2 Å². The first-order valence-corrected chi connectivity index (χ1v) is 10.5. The summed E-state index contributed by atoms with van der Waals surface area (Å²) in [6.45, 7) is 1.70. The van der Waals surface area contributed by atoms with Crippen molar-refractivity contribution in [1.82, 2.24) is 0 Å². The summed E-state index contributed by atoms with van der Waals surface area (Å²) in [5.74, 6) is -3.46. The lowest BCUT2D eigenvalue weighted by Gasteiger charge is -2.48. The van der Waals surface area contributed by atoms with E-state index in [1.54, 1.807) is 6.92 Å². The van der Waals surface area contributed by atoms with Crippen LogP contribution < -0.4 is 17.2 Å². The van der Waals surface area contributed by atoms with Gasteiger partial charge in [-0.3, -0.25) is 19.2 Å². The molecule has 0 aliphatic heterocycles. The van der Waals surface area contributed by atoms with Crippen LogP contribution in [0.1, 0.15) is 51.9 Å². The normalized spacial score (nSPS) is 20.9. The lowest BCUT2D eigenvalue weighted by atomic mass is 9.52. The molecule has 8 nitrogen and oxygen atoms in total. The number of carboxylic acids is 1. The first kappa shape index (κ1) is 23.6. The lowest BCUT2D eigenvalue weighted by molar-refractivity contribution is -0.163. The zero-order valence-corrected chi connectivity index (χ0v) is 16.8. The fraction of sp³-hybridized carbons (Fsp3) is 0.778. The van der Waals surface area contributed by atoms with E-state index in [1.165, 1.54) is 11.8 Å². The second kappa shape index (κ2) is 9.66. The molecule has 3 atom stereocenters. The molecule has 0 heterocycles. The van der Waals surface area contributed by atoms with Crippen LogP contribution in [0.4, 0.5) is 0 Å². The van der Waals surface area contributed by atoms with Crippen LogP contribution in [0.25, 0.3) is 0 Å². The maximum absolute atomic E-state index is 13.4. The van der Waals surface area contributed by atoms with E-state index in [0.29, 0.717) is 18.6 Å². The first-order valence-electron chi connectivity index (χ1n) is 9.15. The van der Waals surface area contributed by atoms with Gasteiger partial charge in [0.15, 0.2) is 17.0 Å². The van der Waals surface area contributed by atoms with E-state index in [2.05, 4.69) is 0 Å². The molecule has 0 aromatic rings. The van der Waals surface area contributed by atoms with Gasteiger partial charge in [-0.25, -0.2) is 0 Å². The van der Waals surface area contributed by atoms with Gasteiger partial charge in [0.25, 0.3) is 0 Å². The predicted octanol–water partition coefficient (Wildman–Crippen LogP) is 0.449.